The zero-order valence-corrected chi connectivity index (χ0v) is 12.7. The fraction of sp³-hybridized carbons (Fsp3) is 0.211. The number of halogens is 1. The second-order valence-corrected chi connectivity index (χ2v) is 5.69. The van der Waals surface area contributed by atoms with E-state index in [9.17, 15) is 9.50 Å². The van der Waals surface area contributed by atoms with Crippen LogP contribution in [-0.2, 0) is 6.61 Å². The number of nitrogens with zero attached hydrogens (tertiary/aromatic N) is 1. The molecule has 0 amide bonds. The lowest BCUT2D eigenvalue weighted by molar-refractivity contribution is 0.280. The molecule has 0 aliphatic heterocycles. The number of pyridine rings is 1. The molecular formula is C19H18FNO. The van der Waals surface area contributed by atoms with Crippen molar-refractivity contribution in [2.45, 2.75) is 26.4 Å². The van der Waals surface area contributed by atoms with Crippen molar-refractivity contribution in [2.24, 2.45) is 0 Å². The minimum atomic E-state index is -0.267. The van der Waals surface area contributed by atoms with Gasteiger partial charge in [-0.25, -0.2) is 4.39 Å². The molecule has 3 rings (SSSR count). The molecule has 0 radical (unpaired) electrons. The summed E-state index contributed by atoms with van der Waals surface area (Å²) in [6, 6.07) is 14.3. The maximum Gasteiger partial charge on any atom is 0.123 e. The summed E-state index contributed by atoms with van der Waals surface area (Å²) in [6.45, 7) is 4.04. The number of aliphatic hydroxyl groups is 1. The predicted octanol–water partition coefficient (Wildman–Crippen LogP) is 4.66. The normalized spacial score (nSPS) is 11.3. The molecule has 0 unspecified atom stereocenters. The van der Waals surface area contributed by atoms with Gasteiger partial charge in [-0.2, -0.15) is 0 Å². The van der Waals surface area contributed by atoms with Crippen LogP contribution in [-0.4, -0.2) is 10.1 Å². The van der Waals surface area contributed by atoms with Crippen molar-refractivity contribution in [1.82, 2.24) is 4.98 Å². The maximum absolute atomic E-state index is 13.2. The van der Waals surface area contributed by atoms with E-state index in [-0.39, 0.29) is 18.3 Å². The number of hydrogen-bond acceptors (Lipinski definition) is 2. The number of aliphatic hydroxyl groups excluding tert-OH is 1. The molecule has 0 aliphatic rings. The first-order valence-corrected chi connectivity index (χ1v) is 7.40. The van der Waals surface area contributed by atoms with Gasteiger partial charge < -0.3 is 5.11 Å². The number of hydrogen-bond donors (Lipinski definition) is 1. The van der Waals surface area contributed by atoms with E-state index in [0.717, 1.165) is 33.3 Å². The van der Waals surface area contributed by atoms with E-state index in [1.165, 1.54) is 12.1 Å². The summed E-state index contributed by atoms with van der Waals surface area (Å²) in [6.07, 6.45) is 0. The lowest BCUT2D eigenvalue weighted by Gasteiger charge is -2.18. The molecular weight excluding hydrogens is 277 g/mol. The van der Waals surface area contributed by atoms with E-state index >= 15 is 0 Å². The molecule has 2 aromatic carbocycles. The van der Waals surface area contributed by atoms with Crippen molar-refractivity contribution >= 4 is 10.9 Å². The van der Waals surface area contributed by atoms with Gasteiger partial charge in [0.1, 0.15) is 5.82 Å². The molecule has 3 aromatic rings. The Hall–Kier alpha value is -2.26. The van der Waals surface area contributed by atoms with Gasteiger partial charge in [0.05, 0.1) is 12.1 Å². The van der Waals surface area contributed by atoms with E-state index in [4.69, 9.17) is 4.98 Å². The van der Waals surface area contributed by atoms with Gasteiger partial charge in [0.25, 0.3) is 0 Å². The average molecular weight is 295 g/mol. The molecule has 2 nitrogen and oxygen atoms in total. The predicted molar refractivity (Wildman–Crippen MR) is 87.1 cm³/mol. The summed E-state index contributed by atoms with van der Waals surface area (Å²) in [7, 11) is 0. The van der Waals surface area contributed by atoms with Crippen LogP contribution in [0.15, 0.2) is 48.5 Å². The number of fused-ring (bicyclic) bond motifs is 1. The summed E-state index contributed by atoms with van der Waals surface area (Å²) in [5, 5.41) is 10.9. The molecule has 0 atom stereocenters. The van der Waals surface area contributed by atoms with Crippen LogP contribution in [0, 0.1) is 5.82 Å². The SMILES string of the molecule is CC(C)c1nc2ccccc2c(-c2ccc(F)cc2)c1CO. The van der Waals surface area contributed by atoms with Gasteiger partial charge in [0, 0.05) is 16.6 Å². The zero-order valence-electron chi connectivity index (χ0n) is 12.7. The summed E-state index contributed by atoms with van der Waals surface area (Å²) in [5.74, 6) is -0.0669. The van der Waals surface area contributed by atoms with E-state index in [1.54, 1.807) is 12.1 Å². The first kappa shape index (κ1) is 14.7. The van der Waals surface area contributed by atoms with Crippen molar-refractivity contribution in [1.29, 1.82) is 0 Å². The molecule has 0 bridgehead atoms. The number of aromatic nitrogens is 1. The minimum Gasteiger partial charge on any atom is -0.392 e. The molecule has 0 saturated heterocycles. The molecule has 0 spiro atoms. The van der Waals surface area contributed by atoms with Gasteiger partial charge in [0.15, 0.2) is 0 Å². The molecule has 1 heterocycles. The highest BCUT2D eigenvalue weighted by Gasteiger charge is 2.17. The van der Waals surface area contributed by atoms with Crippen LogP contribution in [0.4, 0.5) is 4.39 Å². The van der Waals surface area contributed by atoms with Crippen LogP contribution < -0.4 is 0 Å². The highest BCUT2D eigenvalue weighted by Crippen LogP contribution is 2.35. The van der Waals surface area contributed by atoms with Crippen molar-refractivity contribution in [3.05, 3.63) is 65.6 Å². The fourth-order valence-electron chi connectivity index (χ4n) is 2.85. The zero-order chi connectivity index (χ0) is 15.7. The van der Waals surface area contributed by atoms with Crippen molar-refractivity contribution < 1.29 is 9.50 Å². The summed E-state index contributed by atoms with van der Waals surface area (Å²) < 4.78 is 13.2. The topological polar surface area (TPSA) is 33.1 Å². The number of para-hydroxylation sites is 1. The van der Waals surface area contributed by atoms with Crippen molar-refractivity contribution in [3.8, 4) is 11.1 Å². The summed E-state index contributed by atoms with van der Waals surface area (Å²) >= 11 is 0. The van der Waals surface area contributed by atoms with Crippen LogP contribution >= 0.6 is 0 Å². The molecule has 22 heavy (non-hydrogen) atoms. The van der Waals surface area contributed by atoms with Crippen molar-refractivity contribution in [3.63, 3.8) is 0 Å². The van der Waals surface area contributed by atoms with E-state index in [2.05, 4.69) is 13.8 Å². The third kappa shape index (κ3) is 2.48. The lowest BCUT2D eigenvalue weighted by atomic mass is 9.91. The highest BCUT2D eigenvalue weighted by atomic mass is 19.1. The molecule has 1 aromatic heterocycles. The fourth-order valence-corrected chi connectivity index (χ4v) is 2.85. The van der Waals surface area contributed by atoms with Crippen LogP contribution in [0.2, 0.25) is 0 Å². The second kappa shape index (κ2) is 5.85. The Bertz CT molecular complexity index is 810. The molecule has 0 fully saturated rings. The van der Waals surface area contributed by atoms with Crippen LogP contribution in [0.5, 0.6) is 0 Å². The Balaban J connectivity index is 2.41. The van der Waals surface area contributed by atoms with Crippen molar-refractivity contribution in [2.75, 3.05) is 0 Å². The first-order chi connectivity index (χ1) is 10.6. The maximum atomic E-state index is 13.2. The molecule has 3 heteroatoms. The second-order valence-electron chi connectivity index (χ2n) is 5.69. The number of rotatable bonds is 3. The van der Waals surface area contributed by atoms with Gasteiger partial charge in [-0.1, -0.05) is 44.2 Å². The Morgan fingerprint density at radius 2 is 1.73 bits per heavy atom. The van der Waals surface area contributed by atoms with E-state index < -0.39 is 0 Å². The largest absolute Gasteiger partial charge is 0.392 e. The van der Waals surface area contributed by atoms with Gasteiger partial charge in [-0.15, -0.1) is 0 Å². The van der Waals surface area contributed by atoms with Crippen LogP contribution in [0.25, 0.3) is 22.0 Å². The molecule has 0 saturated carbocycles. The monoisotopic (exact) mass is 295 g/mol. The number of benzene rings is 2. The summed E-state index contributed by atoms with van der Waals surface area (Å²) in [5.41, 5.74) is 4.44. The standard InChI is InChI=1S/C19H18FNO/c1-12(2)19-16(11-22)18(13-7-9-14(20)10-8-13)15-5-3-4-6-17(15)21-19/h3-10,12,22H,11H2,1-2H3. The summed E-state index contributed by atoms with van der Waals surface area (Å²) in [4.78, 5) is 4.72. The average Bonchev–Trinajstić information content (AvgIpc) is 2.53. The lowest BCUT2D eigenvalue weighted by Crippen LogP contribution is -2.04. The Labute approximate surface area is 129 Å². The van der Waals surface area contributed by atoms with Gasteiger partial charge in [-0.05, 0) is 35.2 Å². The van der Waals surface area contributed by atoms with Crippen LogP contribution in [0.3, 0.4) is 0 Å². The van der Waals surface area contributed by atoms with Gasteiger partial charge in [-0.3, -0.25) is 4.98 Å². The minimum absolute atomic E-state index is 0.0853. The molecule has 0 aliphatic carbocycles. The van der Waals surface area contributed by atoms with E-state index in [1.807, 2.05) is 24.3 Å². The Morgan fingerprint density at radius 1 is 1.05 bits per heavy atom. The quantitative estimate of drug-likeness (QED) is 0.762. The Kier molecular flexibility index (Phi) is 3.90. The highest BCUT2D eigenvalue weighted by molar-refractivity contribution is 5.96. The van der Waals surface area contributed by atoms with Gasteiger partial charge in [0.2, 0.25) is 0 Å². The third-order valence-electron chi connectivity index (χ3n) is 3.86. The Morgan fingerprint density at radius 3 is 2.36 bits per heavy atom. The van der Waals surface area contributed by atoms with E-state index in [0.29, 0.717) is 0 Å². The molecule has 1 N–H and O–H groups in total. The smallest absolute Gasteiger partial charge is 0.123 e. The van der Waals surface area contributed by atoms with Gasteiger partial charge >= 0.3 is 0 Å². The molecule has 112 valence electrons. The third-order valence-corrected chi connectivity index (χ3v) is 3.86. The van der Waals surface area contributed by atoms with Crippen LogP contribution in [0.1, 0.15) is 31.0 Å². The first-order valence-electron chi connectivity index (χ1n) is 7.40.